The van der Waals surface area contributed by atoms with Gasteiger partial charge in [-0.05, 0) is 29.9 Å². The van der Waals surface area contributed by atoms with Gasteiger partial charge in [0.15, 0.2) is 0 Å². The van der Waals surface area contributed by atoms with Crippen molar-refractivity contribution in [3.8, 4) is 0 Å². The van der Waals surface area contributed by atoms with E-state index in [1.54, 1.807) is 6.07 Å². The van der Waals surface area contributed by atoms with Crippen molar-refractivity contribution in [2.24, 2.45) is 0 Å². The van der Waals surface area contributed by atoms with Gasteiger partial charge in [-0.1, -0.05) is 6.07 Å². The summed E-state index contributed by atoms with van der Waals surface area (Å²) in [5, 5.41) is 12.0. The normalized spacial score (nSPS) is 19.5. The second kappa shape index (κ2) is 5.51. The van der Waals surface area contributed by atoms with E-state index >= 15 is 0 Å². The minimum Gasteiger partial charge on any atom is -0.478 e. The maximum Gasteiger partial charge on any atom is 0.338 e. The zero-order chi connectivity index (χ0) is 12.3. The van der Waals surface area contributed by atoms with E-state index in [2.05, 4.69) is 5.32 Å². The number of nitrogens with one attached hydrogen (secondary N) is 1. The Morgan fingerprint density at radius 2 is 2.41 bits per heavy atom. The molecule has 1 aromatic carbocycles. The van der Waals surface area contributed by atoms with Crippen LogP contribution in [0.25, 0.3) is 0 Å². The van der Waals surface area contributed by atoms with E-state index < -0.39 is 11.8 Å². The Morgan fingerprint density at radius 3 is 3.00 bits per heavy atom. The monoisotopic (exact) mass is 255 g/mol. The first-order valence-electron chi connectivity index (χ1n) is 5.49. The number of halogens is 1. The molecule has 0 radical (unpaired) electrons. The number of hydrogen-bond donors (Lipinski definition) is 2. The van der Waals surface area contributed by atoms with Crippen LogP contribution in [0.15, 0.2) is 18.2 Å². The van der Waals surface area contributed by atoms with Gasteiger partial charge in [0.25, 0.3) is 0 Å². The predicted molar refractivity (Wildman–Crippen MR) is 65.9 cm³/mol. The minimum absolute atomic E-state index is 0.273. The van der Waals surface area contributed by atoms with E-state index in [9.17, 15) is 9.18 Å². The molecule has 1 aromatic rings. The Labute approximate surface area is 103 Å². The third kappa shape index (κ3) is 3.20. The largest absolute Gasteiger partial charge is 0.478 e. The summed E-state index contributed by atoms with van der Waals surface area (Å²) in [7, 11) is 0. The van der Waals surface area contributed by atoms with Crippen molar-refractivity contribution in [1.29, 1.82) is 0 Å². The maximum absolute atomic E-state index is 13.4. The molecule has 0 aromatic heterocycles. The average Bonchev–Trinajstić information content (AvgIpc) is 2.78. The number of aromatic carboxylic acids is 1. The van der Waals surface area contributed by atoms with Gasteiger partial charge in [-0.15, -0.1) is 0 Å². The van der Waals surface area contributed by atoms with Crippen LogP contribution in [0.5, 0.6) is 0 Å². The molecule has 0 spiro atoms. The molecule has 0 aliphatic carbocycles. The molecule has 2 rings (SSSR count). The second-order valence-corrected chi connectivity index (χ2v) is 5.21. The summed E-state index contributed by atoms with van der Waals surface area (Å²) in [5.74, 6) is 0.367. The molecule has 1 atom stereocenters. The lowest BCUT2D eigenvalue weighted by Crippen LogP contribution is -2.28. The SMILES string of the molecule is O=C(O)c1ccc(CNC2CCSC2)cc1F. The molecule has 1 aliphatic rings. The van der Waals surface area contributed by atoms with Crippen molar-refractivity contribution in [3.63, 3.8) is 0 Å². The van der Waals surface area contributed by atoms with Crippen molar-refractivity contribution in [3.05, 3.63) is 35.1 Å². The summed E-state index contributed by atoms with van der Waals surface area (Å²) in [6, 6.07) is 4.75. The molecule has 17 heavy (non-hydrogen) atoms. The van der Waals surface area contributed by atoms with E-state index in [-0.39, 0.29) is 5.56 Å². The molecule has 1 fully saturated rings. The van der Waals surface area contributed by atoms with Gasteiger partial charge in [0.1, 0.15) is 5.82 Å². The molecular formula is C12H14FNO2S. The third-order valence-electron chi connectivity index (χ3n) is 2.79. The summed E-state index contributed by atoms with van der Waals surface area (Å²) in [6.07, 6.45) is 1.14. The zero-order valence-corrected chi connectivity index (χ0v) is 10.1. The topological polar surface area (TPSA) is 49.3 Å². The summed E-state index contributed by atoms with van der Waals surface area (Å²) in [4.78, 5) is 10.6. The molecule has 1 unspecified atom stereocenters. The number of hydrogen-bond acceptors (Lipinski definition) is 3. The van der Waals surface area contributed by atoms with Crippen molar-refractivity contribution in [2.75, 3.05) is 11.5 Å². The van der Waals surface area contributed by atoms with E-state index in [1.165, 1.54) is 17.9 Å². The molecule has 3 nitrogen and oxygen atoms in total. The number of rotatable bonds is 4. The van der Waals surface area contributed by atoms with Gasteiger partial charge in [0.2, 0.25) is 0 Å². The third-order valence-corrected chi connectivity index (χ3v) is 3.95. The van der Waals surface area contributed by atoms with Crippen LogP contribution in [0.1, 0.15) is 22.3 Å². The predicted octanol–water partition coefficient (Wildman–Crippen LogP) is 2.12. The van der Waals surface area contributed by atoms with Crippen LogP contribution in [0, 0.1) is 5.82 Å². The fourth-order valence-corrected chi connectivity index (χ4v) is 2.99. The lowest BCUT2D eigenvalue weighted by molar-refractivity contribution is 0.0692. The first kappa shape index (κ1) is 12.4. The highest BCUT2D eigenvalue weighted by Gasteiger charge is 2.15. The quantitative estimate of drug-likeness (QED) is 0.865. The number of benzene rings is 1. The van der Waals surface area contributed by atoms with E-state index in [0.717, 1.165) is 17.7 Å². The Balaban J connectivity index is 1.97. The van der Waals surface area contributed by atoms with E-state index in [1.807, 2.05) is 11.8 Å². The number of carbonyl (C=O) groups is 1. The minimum atomic E-state index is -1.23. The van der Waals surface area contributed by atoms with Crippen LogP contribution in [0.4, 0.5) is 4.39 Å². The first-order chi connectivity index (χ1) is 8.16. The van der Waals surface area contributed by atoms with Crippen LogP contribution in [-0.2, 0) is 6.54 Å². The molecule has 5 heteroatoms. The lowest BCUT2D eigenvalue weighted by Gasteiger charge is -2.11. The van der Waals surface area contributed by atoms with Crippen molar-refractivity contribution < 1.29 is 14.3 Å². The van der Waals surface area contributed by atoms with Gasteiger partial charge in [0, 0.05) is 18.3 Å². The van der Waals surface area contributed by atoms with Crippen LogP contribution in [-0.4, -0.2) is 28.6 Å². The van der Waals surface area contributed by atoms with Crippen LogP contribution < -0.4 is 5.32 Å². The second-order valence-electron chi connectivity index (χ2n) is 4.06. The summed E-state index contributed by atoms with van der Waals surface area (Å²) in [5.41, 5.74) is 0.509. The highest BCUT2D eigenvalue weighted by Crippen LogP contribution is 2.18. The molecule has 0 amide bonds. The van der Waals surface area contributed by atoms with Crippen LogP contribution >= 0.6 is 11.8 Å². The van der Waals surface area contributed by atoms with Gasteiger partial charge in [-0.25, -0.2) is 9.18 Å². The van der Waals surface area contributed by atoms with Gasteiger partial charge in [-0.3, -0.25) is 0 Å². The highest BCUT2D eigenvalue weighted by atomic mass is 32.2. The molecule has 92 valence electrons. The summed E-state index contributed by atoms with van der Waals surface area (Å²) < 4.78 is 13.4. The highest BCUT2D eigenvalue weighted by molar-refractivity contribution is 7.99. The summed E-state index contributed by atoms with van der Waals surface area (Å²) >= 11 is 1.91. The maximum atomic E-state index is 13.4. The van der Waals surface area contributed by atoms with E-state index in [0.29, 0.717) is 12.6 Å². The smallest absolute Gasteiger partial charge is 0.338 e. The van der Waals surface area contributed by atoms with Crippen LogP contribution in [0.3, 0.4) is 0 Å². The lowest BCUT2D eigenvalue weighted by atomic mass is 10.1. The van der Waals surface area contributed by atoms with Crippen molar-refractivity contribution in [1.82, 2.24) is 5.32 Å². The van der Waals surface area contributed by atoms with Gasteiger partial charge < -0.3 is 10.4 Å². The molecule has 0 bridgehead atoms. The Morgan fingerprint density at radius 1 is 1.59 bits per heavy atom. The van der Waals surface area contributed by atoms with Crippen molar-refractivity contribution in [2.45, 2.75) is 19.0 Å². The van der Waals surface area contributed by atoms with E-state index in [4.69, 9.17) is 5.11 Å². The zero-order valence-electron chi connectivity index (χ0n) is 9.28. The van der Waals surface area contributed by atoms with Gasteiger partial charge in [0.05, 0.1) is 5.56 Å². The molecule has 1 saturated heterocycles. The Kier molecular flexibility index (Phi) is 4.02. The van der Waals surface area contributed by atoms with Crippen LogP contribution in [0.2, 0.25) is 0 Å². The van der Waals surface area contributed by atoms with Gasteiger partial charge in [-0.2, -0.15) is 11.8 Å². The fourth-order valence-electron chi connectivity index (χ4n) is 1.80. The number of thioether (sulfide) groups is 1. The average molecular weight is 255 g/mol. The first-order valence-corrected chi connectivity index (χ1v) is 6.65. The Hall–Kier alpha value is -1.07. The number of carboxylic acid groups (broad SMARTS) is 1. The number of carboxylic acids is 1. The standard InChI is InChI=1S/C12H14FNO2S/c13-11-5-8(1-2-10(11)12(15)16)6-14-9-3-4-17-7-9/h1-2,5,9,14H,3-4,6-7H2,(H,15,16). The summed E-state index contributed by atoms with van der Waals surface area (Å²) in [6.45, 7) is 0.585. The fraction of sp³-hybridized carbons (Fsp3) is 0.417. The Bertz CT molecular complexity index is 419. The molecule has 0 saturated carbocycles. The van der Waals surface area contributed by atoms with Gasteiger partial charge >= 0.3 is 5.97 Å². The molecule has 1 heterocycles. The molecular weight excluding hydrogens is 241 g/mol. The molecule has 1 aliphatic heterocycles. The molecule has 2 N–H and O–H groups in total. The van der Waals surface area contributed by atoms with Crippen molar-refractivity contribution >= 4 is 17.7 Å².